The summed E-state index contributed by atoms with van der Waals surface area (Å²) in [5.41, 5.74) is 4.66. The topological polar surface area (TPSA) is 37.4 Å². The molecule has 1 aliphatic heterocycles. The Hall–Kier alpha value is -1.58. The number of carbonyl (C=O) groups excluding carboxylic acids is 2. The Morgan fingerprint density at radius 1 is 1.10 bits per heavy atom. The highest BCUT2D eigenvalue weighted by Gasteiger charge is 2.33. The Balaban J connectivity index is 0.00000145. The Morgan fingerprint density at radius 3 is 2.28 bits per heavy atom. The van der Waals surface area contributed by atoms with Gasteiger partial charge in [0.15, 0.2) is 5.78 Å². The normalized spacial score (nSPS) is 17.0. The van der Waals surface area contributed by atoms with E-state index >= 15 is 0 Å². The van der Waals surface area contributed by atoms with E-state index in [1.54, 1.807) is 4.90 Å². The van der Waals surface area contributed by atoms with E-state index in [-0.39, 0.29) is 17.1 Å². The molecule has 0 saturated carbocycles. The highest BCUT2D eigenvalue weighted by molar-refractivity contribution is 6.37. The monoisotopic (exact) mass is 435 g/mol. The predicted molar refractivity (Wildman–Crippen MR) is 122 cm³/mol. The first kappa shape index (κ1) is 23.7. The molecule has 3 nitrogen and oxygen atoms in total. The zero-order valence-electron chi connectivity index (χ0n) is 18.5. The maximum Gasteiger partial charge on any atom is 0.256 e. The van der Waals surface area contributed by atoms with Crippen LogP contribution in [0.25, 0.3) is 0 Å². The van der Waals surface area contributed by atoms with Gasteiger partial charge in [0.25, 0.3) is 5.91 Å². The number of benzene rings is 1. The van der Waals surface area contributed by atoms with Gasteiger partial charge < -0.3 is 4.90 Å². The van der Waals surface area contributed by atoms with E-state index in [1.807, 2.05) is 60.6 Å². The molecule has 1 aromatic rings. The summed E-state index contributed by atoms with van der Waals surface area (Å²) in [5, 5.41) is 1.07. The van der Waals surface area contributed by atoms with E-state index in [1.165, 1.54) is 0 Å². The van der Waals surface area contributed by atoms with Crippen molar-refractivity contribution in [1.29, 1.82) is 0 Å². The van der Waals surface area contributed by atoms with Crippen molar-refractivity contribution in [3.63, 3.8) is 0 Å². The van der Waals surface area contributed by atoms with Crippen LogP contribution in [0.2, 0.25) is 10.0 Å². The van der Waals surface area contributed by atoms with Crippen molar-refractivity contribution in [3.8, 4) is 0 Å². The van der Waals surface area contributed by atoms with E-state index < -0.39 is 0 Å². The minimum atomic E-state index is -0.223. The number of halogens is 2. The first-order valence-corrected chi connectivity index (χ1v) is 11.0. The molecular weight excluding hydrogens is 405 g/mol. The number of amides is 1. The van der Waals surface area contributed by atoms with Crippen molar-refractivity contribution in [2.75, 3.05) is 13.1 Å². The lowest BCUT2D eigenvalue weighted by molar-refractivity contribution is -0.115. The van der Waals surface area contributed by atoms with Gasteiger partial charge in [0.1, 0.15) is 0 Å². The van der Waals surface area contributed by atoms with Gasteiger partial charge in [0.2, 0.25) is 0 Å². The fourth-order valence-electron chi connectivity index (χ4n) is 3.83. The molecule has 1 aliphatic carbocycles. The second-order valence-electron chi connectivity index (χ2n) is 8.55. The molecule has 1 heterocycles. The quantitative estimate of drug-likeness (QED) is 0.527. The van der Waals surface area contributed by atoms with Crippen molar-refractivity contribution in [3.05, 3.63) is 55.6 Å². The lowest BCUT2D eigenvalue weighted by Gasteiger charge is -2.33. The second-order valence-corrected chi connectivity index (χ2v) is 9.34. The summed E-state index contributed by atoms with van der Waals surface area (Å²) in [5.74, 6) is -0.0488. The molecule has 0 bridgehead atoms. The third-order valence-electron chi connectivity index (χ3n) is 5.32. The zero-order valence-corrected chi connectivity index (χ0v) is 20.0. The van der Waals surface area contributed by atoms with Crippen molar-refractivity contribution in [1.82, 2.24) is 4.90 Å². The van der Waals surface area contributed by atoms with Crippen LogP contribution in [-0.2, 0) is 16.6 Å². The number of nitrogens with zero attached hydrogens (tertiary/aromatic N) is 1. The molecule has 158 valence electrons. The molecule has 0 spiro atoms. The Labute approximate surface area is 184 Å². The summed E-state index contributed by atoms with van der Waals surface area (Å²) in [6, 6.07) is 1.89. The van der Waals surface area contributed by atoms with Gasteiger partial charge in [-0.25, -0.2) is 0 Å². The number of ketones is 1. The minimum absolute atomic E-state index is 0.0960. The predicted octanol–water partition coefficient (Wildman–Crippen LogP) is 6.55. The summed E-state index contributed by atoms with van der Waals surface area (Å²) in [6.45, 7) is 14.9. The van der Waals surface area contributed by atoms with Crippen LogP contribution in [0.15, 0.2) is 28.9 Å². The fourth-order valence-corrected chi connectivity index (χ4v) is 4.66. The molecule has 0 atom stereocenters. The first-order valence-electron chi connectivity index (χ1n) is 10.2. The molecule has 0 aromatic heterocycles. The van der Waals surface area contributed by atoms with Crippen LogP contribution in [0.3, 0.4) is 0 Å². The summed E-state index contributed by atoms with van der Waals surface area (Å²) in [4.78, 5) is 27.4. The number of allylic oxidation sites excluding steroid dienone is 3. The second kappa shape index (κ2) is 9.06. The minimum Gasteiger partial charge on any atom is -0.334 e. The fraction of sp³-hybridized carbons (Fsp3) is 0.500. The average molecular weight is 436 g/mol. The van der Waals surface area contributed by atoms with Crippen LogP contribution in [0.5, 0.6) is 0 Å². The molecule has 0 saturated heterocycles. The standard InChI is InChI=1S/C22H25Cl2NO2.C2H6/c1-12-8-13(2)15(18(26)9-12)11-25-7-6-14-17(23)10-16(22(3,4)5)20(24)19(14)21(25)27;1-2/h8,10H,6-7,9,11H2,1-5H3;1-2H3. The maximum absolute atomic E-state index is 13.3. The molecule has 0 radical (unpaired) electrons. The maximum atomic E-state index is 13.3. The van der Waals surface area contributed by atoms with E-state index in [0.29, 0.717) is 47.1 Å². The largest absolute Gasteiger partial charge is 0.334 e. The molecule has 2 aliphatic rings. The van der Waals surface area contributed by atoms with E-state index in [2.05, 4.69) is 0 Å². The van der Waals surface area contributed by atoms with Gasteiger partial charge in [0.05, 0.1) is 10.6 Å². The molecule has 1 aromatic carbocycles. The van der Waals surface area contributed by atoms with Crippen LogP contribution in [0.1, 0.15) is 76.4 Å². The van der Waals surface area contributed by atoms with Gasteiger partial charge in [-0.05, 0) is 48.4 Å². The number of hydrogen-bond donors (Lipinski definition) is 0. The summed E-state index contributed by atoms with van der Waals surface area (Å²) in [7, 11) is 0. The van der Waals surface area contributed by atoms with Crippen molar-refractivity contribution in [2.24, 2.45) is 0 Å². The number of fused-ring (bicyclic) bond motifs is 1. The number of hydrogen-bond acceptors (Lipinski definition) is 2. The summed E-state index contributed by atoms with van der Waals surface area (Å²) < 4.78 is 0. The molecule has 5 heteroatoms. The lowest BCUT2D eigenvalue weighted by atomic mass is 9.83. The first-order chi connectivity index (χ1) is 13.5. The smallest absolute Gasteiger partial charge is 0.256 e. The van der Waals surface area contributed by atoms with Gasteiger partial charge in [-0.2, -0.15) is 0 Å². The van der Waals surface area contributed by atoms with E-state index in [9.17, 15) is 9.59 Å². The number of Topliss-reactive ketones (excluding diaryl/α,β-unsaturated/α-hetero) is 1. The van der Waals surface area contributed by atoms with Gasteiger partial charge in [-0.15, -0.1) is 0 Å². The highest BCUT2D eigenvalue weighted by Crippen LogP contribution is 2.40. The zero-order chi connectivity index (χ0) is 22.1. The van der Waals surface area contributed by atoms with Gasteiger partial charge in [-0.3, -0.25) is 9.59 Å². The average Bonchev–Trinajstić information content (AvgIpc) is 2.62. The third-order valence-corrected chi connectivity index (χ3v) is 6.05. The lowest BCUT2D eigenvalue weighted by Crippen LogP contribution is -2.41. The third kappa shape index (κ3) is 4.78. The number of carbonyl (C=O) groups is 2. The molecule has 0 unspecified atom stereocenters. The molecule has 3 rings (SSSR count). The van der Waals surface area contributed by atoms with Crippen LogP contribution >= 0.6 is 23.2 Å². The molecule has 1 amide bonds. The summed E-state index contributed by atoms with van der Waals surface area (Å²) >= 11 is 13.2. The van der Waals surface area contributed by atoms with Crippen LogP contribution in [-0.4, -0.2) is 29.7 Å². The van der Waals surface area contributed by atoms with Crippen molar-refractivity contribution >= 4 is 34.9 Å². The highest BCUT2D eigenvalue weighted by atomic mass is 35.5. The van der Waals surface area contributed by atoms with Crippen molar-refractivity contribution < 1.29 is 9.59 Å². The Bertz CT molecular complexity index is 904. The van der Waals surface area contributed by atoms with Crippen molar-refractivity contribution in [2.45, 2.75) is 66.7 Å². The molecule has 0 fully saturated rings. The van der Waals surface area contributed by atoms with Crippen LogP contribution in [0.4, 0.5) is 0 Å². The van der Waals surface area contributed by atoms with Gasteiger partial charge >= 0.3 is 0 Å². The molecular formula is C24H31Cl2NO2. The van der Waals surface area contributed by atoms with Crippen LogP contribution in [0, 0.1) is 0 Å². The molecule has 0 N–H and O–H groups in total. The van der Waals surface area contributed by atoms with E-state index in [0.717, 1.165) is 22.3 Å². The number of rotatable bonds is 2. The summed E-state index contributed by atoms with van der Waals surface area (Å²) in [6.07, 6.45) is 3.09. The Morgan fingerprint density at radius 2 is 1.72 bits per heavy atom. The Kier molecular flexibility index (Phi) is 7.40. The van der Waals surface area contributed by atoms with Gasteiger partial charge in [-0.1, -0.05) is 69.5 Å². The van der Waals surface area contributed by atoms with Crippen LogP contribution < -0.4 is 0 Å². The van der Waals surface area contributed by atoms with E-state index in [4.69, 9.17) is 23.2 Å². The molecule has 29 heavy (non-hydrogen) atoms. The SMILES string of the molecule is CC.CC1=CC(C)=C(CN2CCc3c(Cl)cc(C(C)(C)C)c(Cl)c3C2=O)C(=O)C1. The van der Waals surface area contributed by atoms with Gasteiger partial charge in [0, 0.05) is 30.1 Å².